The van der Waals surface area contributed by atoms with E-state index in [0.717, 1.165) is 51.7 Å². The largest absolute Gasteiger partial charge is 0.373 e. The monoisotopic (exact) mass is 372 g/mol. The van der Waals surface area contributed by atoms with Crippen LogP contribution in [0.25, 0.3) is 0 Å². The van der Waals surface area contributed by atoms with Gasteiger partial charge < -0.3 is 28.4 Å². The molecule has 0 aromatic heterocycles. The molecule has 0 aromatic rings. The molecular weight excluding hydrogens is 336 g/mol. The van der Waals surface area contributed by atoms with Crippen molar-refractivity contribution in [3.8, 4) is 0 Å². The van der Waals surface area contributed by atoms with Gasteiger partial charge in [0.1, 0.15) is 0 Å². The van der Waals surface area contributed by atoms with Crippen molar-refractivity contribution in [3.63, 3.8) is 0 Å². The highest BCUT2D eigenvalue weighted by Gasteiger charge is 2.27. The van der Waals surface area contributed by atoms with Crippen LogP contribution in [0.2, 0.25) is 0 Å². The average Bonchev–Trinajstić information content (AvgIpc) is 2.71. The molecule has 26 heavy (non-hydrogen) atoms. The molecule has 0 bridgehead atoms. The van der Waals surface area contributed by atoms with Crippen LogP contribution < -0.4 is 0 Å². The van der Waals surface area contributed by atoms with E-state index in [1.54, 1.807) is 0 Å². The van der Waals surface area contributed by atoms with E-state index in [-0.39, 0.29) is 24.8 Å². The van der Waals surface area contributed by atoms with E-state index >= 15 is 0 Å². The first kappa shape index (κ1) is 20.5. The SMILES string of the molecule is C1CCC(OCCO[C@H]2CCCC[C@H]2OCCOC2CCCCO2)OC1. The molecule has 3 rings (SSSR count). The Kier molecular flexibility index (Phi) is 9.67. The summed E-state index contributed by atoms with van der Waals surface area (Å²) in [4.78, 5) is 0. The highest BCUT2D eigenvalue weighted by atomic mass is 16.7. The van der Waals surface area contributed by atoms with Crippen LogP contribution in [0, 0.1) is 0 Å². The van der Waals surface area contributed by atoms with Crippen molar-refractivity contribution < 1.29 is 28.4 Å². The Labute approximate surface area is 157 Å². The summed E-state index contributed by atoms with van der Waals surface area (Å²) in [6.07, 6.45) is 11.5. The van der Waals surface area contributed by atoms with E-state index in [0.29, 0.717) is 26.4 Å². The summed E-state index contributed by atoms with van der Waals surface area (Å²) in [5.74, 6) is 0. The van der Waals surface area contributed by atoms with Gasteiger partial charge in [0.2, 0.25) is 0 Å². The minimum atomic E-state index is -0.0371. The topological polar surface area (TPSA) is 55.4 Å². The first-order valence-corrected chi connectivity index (χ1v) is 10.6. The second-order valence-corrected chi connectivity index (χ2v) is 7.44. The Balaban J connectivity index is 1.25. The zero-order valence-electron chi connectivity index (χ0n) is 16.1. The molecule has 1 saturated carbocycles. The molecule has 0 aromatic carbocycles. The number of hydrogen-bond acceptors (Lipinski definition) is 6. The maximum atomic E-state index is 6.06. The van der Waals surface area contributed by atoms with Gasteiger partial charge in [0.15, 0.2) is 12.6 Å². The fourth-order valence-electron chi connectivity index (χ4n) is 3.89. The predicted octanol–water partition coefficient (Wildman–Crippen LogP) is 3.42. The summed E-state index contributed by atoms with van der Waals surface area (Å²) >= 11 is 0. The molecule has 6 nitrogen and oxygen atoms in total. The second kappa shape index (κ2) is 12.3. The number of hydrogen-bond donors (Lipinski definition) is 0. The Morgan fingerprint density at radius 3 is 1.35 bits per heavy atom. The molecule has 2 heterocycles. The summed E-state index contributed by atoms with van der Waals surface area (Å²) in [5.41, 5.74) is 0. The summed E-state index contributed by atoms with van der Waals surface area (Å²) < 4.78 is 34.8. The molecule has 3 aliphatic rings. The van der Waals surface area contributed by atoms with E-state index in [4.69, 9.17) is 28.4 Å². The third-order valence-electron chi connectivity index (χ3n) is 5.36. The van der Waals surface area contributed by atoms with Gasteiger partial charge in [-0.05, 0) is 51.4 Å². The smallest absolute Gasteiger partial charge is 0.157 e. The molecule has 152 valence electrons. The van der Waals surface area contributed by atoms with Crippen LogP contribution in [0.4, 0.5) is 0 Å². The molecule has 0 radical (unpaired) electrons. The highest BCUT2D eigenvalue weighted by molar-refractivity contribution is 4.76. The lowest BCUT2D eigenvalue weighted by atomic mass is 9.94. The third-order valence-corrected chi connectivity index (χ3v) is 5.36. The summed E-state index contributed by atoms with van der Waals surface area (Å²) in [5, 5.41) is 0. The molecule has 3 fully saturated rings. The molecule has 4 atom stereocenters. The lowest BCUT2D eigenvalue weighted by Crippen LogP contribution is -2.37. The first-order valence-electron chi connectivity index (χ1n) is 10.6. The Bertz CT molecular complexity index is 320. The molecular formula is C20H36O6. The van der Waals surface area contributed by atoms with E-state index < -0.39 is 0 Å². The van der Waals surface area contributed by atoms with Gasteiger partial charge >= 0.3 is 0 Å². The van der Waals surface area contributed by atoms with Crippen molar-refractivity contribution in [2.24, 2.45) is 0 Å². The van der Waals surface area contributed by atoms with Crippen LogP contribution in [0.5, 0.6) is 0 Å². The van der Waals surface area contributed by atoms with Crippen LogP contribution >= 0.6 is 0 Å². The lowest BCUT2D eigenvalue weighted by Gasteiger charge is -2.32. The summed E-state index contributed by atoms with van der Waals surface area (Å²) in [6.45, 7) is 4.04. The second-order valence-electron chi connectivity index (χ2n) is 7.44. The van der Waals surface area contributed by atoms with Crippen molar-refractivity contribution >= 4 is 0 Å². The number of rotatable bonds is 10. The molecule has 2 unspecified atom stereocenters. The van der Waals surface area contributed by atoms with Crippen LogP contribution in [-0.4, -0.2) is 64.4 Å². The van der Waals surface area contributed by atoms with E-state index in [1.165, 1.54) is 25.7 Å². The molecule has 1 aliphatic carbocycles. The van der Waals surface area contributed by atoms with Crippen LogP contribution in [-0.2, 0) is 28.4 Å². The molecule has 0 N–H and O–H groups in total. The van der Waals surface area contributed by atoms with Crippen molar-refractivity contribution in [1.29, 1.82) is 0 Å². The standard InChI is InChI=1S/C20H36O6/c1-2-8-18(22-14-16-26-20-10-4-6-12-24-20)17(7-1)21-13-15-25-19-9-3-5-11-23-19/h17-20H,1-16H2/t17-,18+,19?,20?. The minimum absolute atomic E-state index is 0.0371. The Morgan fingerprint density at radius 2 is 0.923 bits per heavy atom. The first-order chi connectivity index (χ1) is 12.9. The van der Waals surface area contributed by atoms with Gasteiger partial charge in [0.25, 0.3) is 0 Å². The van der Waals surface area contributed by atoms with Gasteiger partial charge in [0, 0.05) is 13.2 Å². The van der Waals surface area contributed by atoms with Crippen molar-refractivity contribution in [3.05, 3.63) is 0 Å². The minimum Gasteiger partial charge on any atom is -0.373 e. The van der Waals surface area contributed by atoms with E-state index in [2.05, 4.69) is 0 Å². The van der Waals surface area contributed by atoms with Gasteiger partial charge in [0.05, 0.1) is 38.6 Å². The van der Waals surface area contributed by atoms with Gasteiger partial charge in [-0.25, -0.2) is 0 Å². The molecule has 2 saturated heterocycles. The van der Waals surface area contributed by atoms with Gasteiger partial charge in [-0.15, -0.1) is 0 Å². The molecule has 6 heteroatoms. The summed E-state index contributed by atoms with van der Waals surface area (Å²) in [6, 6.07) is 0. The van der Waals surface area contributed by atoms with E-state index in [9.17, 15) is 0 Å². The molecule has 0 spiro atoms. The Morgan fingerprint density at radius 1 is 0.500 bits per heavy atom. The van der Waals surface area contributed by atoms with E-state index in [1.807, 2.05) is 0 Å². The third kappa shape index (κ3) is 7.41. The quantitative estimate of drug-likeness (QED) is 0.548. The fourth-order valence-corrected chi connectivity index (χ4v) is 3.89. The normalized spacial score (nSPS) is 33.2. The zero-order chi connectivity index (χ0) is 17.9. The Hall–Kier alpha value is -0.240. The van der Waals surface area contributed by atoms with Gasteiger partial charge in [-0.3, -0.25) is 0 Å². The summed E-state index contributed by atoms with van der Waals surface area (Å²) in [7, 11) is 0. The zero-order valence-corrected chi connectivity index (χ0v) is 16.1. The molecule has 0 amide bonds. The molecule has 2 aliphatic heterocycles. The van der Waals surface area contributed by atoms with Gasteiger partial charge in [-0.1, -0.05) is 12.8 Å². The fraction of sp³-hybridized carbons (Fsp3) is 1.00. The van der Waals surface area contributed by atoms with Crippen LogP contribution in [0.15, 0.2) is 0 Å². The lowest BCUT2D eigenvalue weighted by molar-refractivity contribution is -0.185. The number of ether oxygens (including phenoxy) is 6. The van der Waals surface area contributed by atoms with Crippen molar-refractivity contribution in [2.45, 2.75) is 89.0 Å². The maximum absolute atomic E-state index is 6.06. The van der Waals surface area contributed by atoms with Crippen LogP contribution in [0.3, 0.4) is 0 Å². The highest BCUT2D eigenvalue weighted by Crippen LogP contribution is 2.24. The van der Waals surface area contributed by atoms with Crippen molar-refractivity contribution in [1.82, 2.24) is 0 Å². The average molecular weight is 373 g/mol. The van der Waals surface area contributed by atoms with Crippen molar-refractivity contribution in [2.75, 3.05) is 39.6 Å². The maximum Gasteiger partial charge on any atom is 0.157 e. The van der Waals surface area contributed by atoms with Crippen LogP contribution in [0.1, 0.15) is 64.2 Å². The van der Waals surface area contributed by atoms with Gasteiger partial charge in [-0.2, -0.15) is 0 Å². The predicted molar refractivity (Wildman–Crippen MR) is 97.0 cm³/mol.